The number of carbonyl (C=O) groups is 2. The van der Waals surface area contributed by atoms with E-state index in [1.165, 1.54) is 6.07 Å². The molecule has 0 aliphatic rings. The number of hydrogen-bond acceptors (Lipinski definition) is 5. The lowest BCUT2D eigenvalue weighted by molar-refractivity contribution is -0.385. The molecule has 0 aliphatic heterocycles. The standard InChI is InChI=1S/C21H23ClN2O5/c1-12(2)15-6-5-7-16(13(3)4)20(15)23-19(25)11-29-21(26)17-10-14(22)8-9-18(17)24(27)28/h5-10,12-13H,11H2,1-4H3,(H,23,25). The van der Waals surface area contributed by atoms with E-state index >= 15 is 0 Å². The monoisotopic (exact) mass is 418 g/mol. The van der Waals surface area contributed by atoms with Crippen LogP contribution in [0, 0.1) is 10.1 Å². The third kappa shape index (κ3) is 5.54. The Balaban J connectivity index is 2.17. The zero-order valence-electron chi connectivity index (χ0n) is 16.7. The number of anilines is 1. The van der Waals surface area contributed by atoms with E-state index in [0.29, 0.717) is 5.69 Å². The molecule has 0 unspecified atom stereocenters. The maximum atomic E-state index is 12.4. The van der Waals surface area contributed by atoms with Gasteiger partial charge in [0.1, 0.15) is 5.56 Å². The molecule has 1 N–H and O–H groups in total. The summed E-state index contributed by atoms with van der Waals surface area (Å²) in [6.07, 6.45) is 0. The predicted molar refractivity (Wildman–Crippen MR) is 112 cm³/mol. The number of ether oxygens (including phenoxy) is 1. The van der Waals surface area contributed by atoms with Gasteiger partial charge in [-0.1, -0.05) is 57.5 Å². The lowest BCUT2D eigenvalue weighted by Gasteiger charge is -2.20. The van der Waals surface area contributed by atoms with Crippen LogP contribution < -0.4 is 5.32 Å². The number of amides is 1. The molecule has 0 saturated heterocycles. The second kappa shape index (κ2) is 9.52. The molecule has 8 heteroatoms. The van der Waals surface area contributed by atoms with Gasteiger partial charge in [-0.05, 0) is 35.1 Å². The van der Waals surface area contributed by atoms with E-state index in [-0.39, 0.29) is 22.4 Å². The SMILES string of the molecule is CC(C)c1cccc(C(C)C)c1NC(=O)COC(=O)c1cc(Cl)ccc1[N+](=O)[O-]. The smallest absolute Gasteiger partial charge is 0.345 e. The van der Waals surface area contributed by atoms with E-state index in [1.807, 2.05) is 45.9 Å². The molecule has 0 saturated carbocycles. The van der Waals surface area contributed by atoms with E-state index in [9.17, 15) is 19.7 Å². The number of nitrogens with zero attached hydrogens (tertiary/aromatic N) is 1. The molecular weight excluding hydrogens is 396 g/mol. The van der Waals surface area contributed by atoms with Crippen LogP contribution in [-0.4, -0.2) is 23.4 Å². The van der Waals surface area contributed by atoms with Crippen LogP contribution in [0.5, 0.6) is 0 Å². The molecule has 2 rings (SSSR count). The Hall–Kier alpha value is -2.93. The van der Waals surface area contributed by atoms with E-state index in [1.54, 1.807) is 0 Å². The highest BCUT2D eigenvalue weighted by Crippen LogP contribution is 2.32. The minimum atomic E-state index is -0.990. The van der Waals surface area contributed by atoms with Gasteiger partial charge in [0, 0.05) is 16.8 Å². The fourth-order valence-corrected chi connectivity index (χ4v) is 3.08. The van der Waals surface area contributed by atoms with Crippen LogP contribution in [0.3, 0.4) is 0 Å². The minimum Gasteiger partial charge on any atom is -0.452 e. The Kier molecular flexibility index (Phi) is 7.34. The zero-order valence-corrected chi connectivity index (χ0v) is 17.4. The number of para-hydroxylation sites is 1. The first-order valence-corrected chi connectivity index (χ1v) is 9.53. The van der Waals surface area contributed by atoms with Crippen molar-refractivity contribution in [3.8, 4) is 0 Å². The largest absolute Gasteiger partial charge is 0.452 e. The van der Waals surface area contributed by atoms with Gasteiger partial charge >= 0.3 is 5.97 Å². The molecule has 2 aromatic rings. The molecule has 2 aromatic carbocycles. The van der Waals surface area contributed by atoms with Crippen LogP contribution in [0.25, 0.3) is 0 Å². The van der Waals surface area contributed by atoms with Crippen LogP contribution >= 0.6 is 11.6 Å². The summed E-state index contributed by atoms with van der Waals surface area (Å²) in [5, 5.41) is 14.1. The van der Waals surface area contributed by atoms with Gasteiger partial charge in [-0.25, -0.2) is 4.79 Å². The fraction of sp³-hybridized carbons (Fsp3) is 0.333. The van der Waals surface area contributed by atoms with Gasteiger partial charge in [0.15, 0.2) is 6.61 Å². The molecular formula is C21H23ClN2O5. The van der Waals surface area contributed by atoms with Crippen LogP contribution in [0.1, 0.15) is 61.0 Å². The first kappa shape index (κ1) is 22.4. The number of nitro benzene ring substituents is 1. The number of hydrogen-bond donors (Lipinski definition) is 1. The number of esters is 1. The van der Waals surface area contributed by atoms with Gasteiger partial charge < -0.3 is 10.1 Å². The number of nitro groups is 1. The second-order valence-corrected chi connectivity index (χ2v) is 7.60. The van der Waals surface area contributed by atoms with Crippen molar-refractivity contribution in [1.29, 1.82) is 0 Å². The number of carbonyl (C=O) groups excluding carboxylic acids is 2. The second-order valence-electron chi connectivity index (χ2n) is 7.16. The summed E-state index contributed by atoms with van der Waals surface area (Å²) < 4.78 is 4.99. The molecule has 0 aliphatic carbocycles. The van der Waals surface area contributed by atoms with Gasteiger partial charge in [-0.15, -0.1) is 0 Å². The normalized spacial score (nSPS) is 10.9. The average molecular weight is 419 g/mol. The Labute approximate surface area is 174 Å². The molecule has 0 spiro atoms. The zero-order chi connectivity index (χ0) is 21.7. The van der Waals surface area contributed by atoms with Crippen LogP contribution in [0.4, 0.5) is 11.4 Å². The number of benzene rings is 2. The van der Waals surface area contributed by atoms with E-state index in [0.717, 1.165) is 23.3 Å². The summed E-state index contributed by atoms with van der Waals surface area (Å²) in [7, 11) is 0. The Morgan fingerprint density at radius 2 is 1.69 bits per heavy atom. The highest BCUT2D eigenvalue weighted by atomic mass is 35.5. The summed E-state index contributed by atoms with van der Waals surface area (Å²) in [5.41, 5.74) is 1.91. The first-order valence-electron chi connectivity index (χ1n) is 9.15. The van der Waals surface area contributed by atoms with Crippen LogP contribution in [0.15, 0.2) is 36.4 Å². The molecule has 1 amide bonds. The maximum absolute atomic E-state index is 12.4. The van der Waals surface area contributed by atoms with Crippen LogP contribution in [-0.2, 0) is 9.53 Å². The van der Waals surface area contributed by atoms with Gasteiger partial charge in [0.25, 0.3) is 11.6 Å². The highest BCUT2D eigenvalue weighted by Gasteiger charge is 2.23. The lowest BCUT2D eigenvalue weighted by Crippen LogP contribution is -2.23. The van der Waals surface area contributed by atoms with Crippen molar-refractivity contribution in [1.82, 2.24) is 0 Å². The summed E-state index contributed by atoms with van der Waals surface area (Å²) in [5.74, 6) is -1.16. The number of rotatable bonds is 7. The van der Waals surface area contributed by atoms with Gasteiger partial charge in [0.2, 0.25) is 0 Å². The average Bonchev–Trinajstić information content (AvgIpc) is 2.65. The third-order valence-electron chi connectivity index (χ3n) is 4.35. The molecule has 0 heterocycles. The van der Waals surface area contributed by atoms with E-state index in [4.69, 9.17) is 16.3 Å². The van der Waals surface area contributed by atoms with Gasteiger partial charge in [-0.2, -0.15) is 0 Å². The van der Waals surface area contributed by atoms with Crippen LogP contribution in [0.2, 0.25) is 5.02 Å². The lowest BCUT2D eigenvalue weighted by atomic mass is 9.92. The molecule has 154 valence electrons. The number of halogens is 1. The predicted octanol–water partition coefficient (Wildman–Crippen LogP) is 5.29. The summed E-state index contributed by atoms with van der Waals surface area (Å²) in [6, 6.07) is 9.39. The molecule has 0 bridgehead atoms. The molecule has 0 aromatic heterocycles. The molecule has 7 nitrogen and oxygen atoms in total. The van der Waals surface area contributed by atoms with Crippen molar-refractivity contribution in [3.05, 3.63) is 68.2 Å². The van der Waals surface area contributed by atoms with E-state index in [2.05, 4.69) is 5.32 Å². The number of nitrogens with one attached hydrogen (secondary N) is 1. The van der Waals surface area contributed by atoms with Crippen molar-refractivity contribution in [2.45, 2.75) is 39.5 Å². The highest BCUT2D eigenvalue weighted by molar-refractivity contribution is 6.31. The Morgan fingerprint density at radius 1 is 1.10 bits per heavy atom. The quantitative estimate of drug-likeness (QED) is 0.374. The van der Waals surface area contributed by atoms with Crippen molar-refractivity contribution in [3.63, 3.8) is 0 Å². The third-order valence-corrected chi connectivity index (χ3v) is 4.58. The van der Waals surface area contributed by atoms with Gasteiger partial charge in [-0.3, -0.25) is 14.9 Å². The first-order chi connectivity index (χ1) is 13.6. The molecule has 0 radical (unpaired) electrons. The van der Waals surface area contributed by atoms with Crippen molar-refractivity contribution < 1.29 is 19.2 Å². The topological polar surface area (TPSA) is 98.5 Å². The van der Waals surface area contributed by atoms with Crippen molar-refractivity contribution in [2.24, 2.45) is 0 Å². The maximum Gasteiger partial charge on any atom is 0.345 e. The minimum absolute atomic E-state index is 0.152. The van der Waals surface area contributed by atoms with Gasteiger partial charge in [0.05, 0.1) is 4.92 Å². The Morgan fingerprint density at radius 3 is 2.21 bits per heavy atom. The fourth-order valence-electron chi connectivity index (χ4n) is 2.91. The molecule has 0 fully saturated rings. The summed E-state index contributed by atoms with van der Waals surface area (Å²) in [6.45, 7) is 7.51. The molecule has 0 atom stereocenters. The van der Waals surface area contributed by atoms with Crippen molar-refractivity contribution >= 4 is 34.9 Å². The summed E-state index contributed by atoms with van der Waals surface area (Å²) >= 11 is 5.82. The van der Waals surface area contributed by atoms with Crippen molar-refractivity contribution in [2.75, 3.05) is 11.9 Å². The van der Waals surface area contributed by atoms with E-state index < -0.39 is 29.1 Å². The Bertz CT molecular complexity index is 914. The summed E-state index contributed by atoms with van der Waals surface area (Å²) in [4.78, 5) is 35.1. The molecule has 29 heavy (non-hydrogen) atoms.